The zero-order chi connectivity index (χ0) is 8.81. The van der Waals surface area contributed by atoms with Crippen molar-refractivity contribution in [1.29, 1.82) is 0 Å². The van der Waals surface area contributed by atoms with E-state index in [0.717, 1.165) is 12.8 Å². The van der Waals surface area contributed by atoms with Crippen molar-refractivity contribution in [3.05, 3.63) is 0 Å². The topological polar surface area (TPSA) is 38.7 Å². The van der Waals surface area contributed by atoms with Crippen LogP contribution in [0.5, 0.6) is 0 Å². The summed E-state index contributed by atoms with van der Waals surface area (Å²) in [5.74, 6) is 0. The second-order valence-corrected chi connectivity index (χ2v) is 3.35. The lowest BCUT2D eigenvalue weighted by molar-refractivity contribution is -0.0338. The van der Waals surface area contributed by atoms with Gasteiger partial charge < -0.3 is 14.6 Å². The van der Waals surface area contributed by atoms with Gasteiger partial charge in [-0.05, 0) is 12.8 Å². The average molecular weight is 174 g/mol. The molecule has 0 aromatic rings. The van der Waals surface area contributed by atoms with E-state index in [1.54, 1.807) is 7.11 Å². The number of aliphatic hydroxyl groups excluding tert-OH is 1. The largest absolute Gasteiger partial charge is 0.388 e. The summed E-state index contributed by atoms with van der Waals surface area (Å²) in [5.41, 5.74) is 0. The van der Waals surface area contributed by atoms with Crippen molar-refractivity contribution in [3.63, 3.8) is 0 Å². The Bertz CT molecular complexity index is 110. The predicted molar refractivity (Wildman–Crippen MR) is 46.1 cm³/mol. The van der Waals surface area contributed by atoms with Crippen LogP contribution < -0.4 is 0 Å². The van der Waals surface area contributed by atoms with Crippen LogP contribution in [0, 0.1) is 0 Å². The predicted octanol–water partition coefficient (Wildman–Crippen LogP) is 0.953. The zero-order valence-electron chi connectivity index (χ0n) is 7.66. The Balaban J connectivity index is 1.99. The summed E-state index contributed by atoms with van der Waals surface area (Å²) in [6.07, 6.45) is 4.77. The third-order valence-corrected chi connectivity index (χ3v) is 2.19. The van der Waals surface area contributed by atoms with Gasteiger partial charge in [-0.15, -0.1) is 0 Å². The Hall–Kier alpha value is -0.120. The van der Waals surface area contributed by atoms with Gasteiger partial charge in [0.2, 0.25) is 0 Å². The van der Waals surface area contributed by atoms with E-state index in [4.69, 9.17) is 9.47 Å². The summed E-state index contributed by atoms with van der Waals surface area (Å²) in [6.45, 7) is 0.783. The molecule has 0 aliphatic heterocycles. The van der Waals surface area contributed by atoms with Crippen molar-refractivity contribution in [3.8, 4) is 0 Å². The summed E-state index contributed by atoms with van der Waals surface area (Å²) in [4.78, 5) is 0. The van der Waals surface area contributed by atoms with Gasteiger partial charge in [0, 0.05) is 7.11 Å². The fourth-order valence-electron chi connectivity index (χ4n) is 1.54. The van der Waals surface area contributed by atoms with Crippen molar-refractivity contribution < 1.29 is 14.6 Å². The monoisotopic (exact) mass is 174 g/mol. The third-order valence-electron chi connectivity index (χ3n) is 2.19. The number of ether oxygens (including phenoxy) is 2. The molecule has 0 amide bonds. The van der Waals surface area contributed by atoms with Crippen LogP contribution >= 0.6 is 0 Å². The van der Waals surface area contributed by atoms with E-state index in [1.807, 2.05) is 0 Å². The van der Waals surface area contributed by atoms with Crippen LogP contribution in [0.2, 0.25) is 0 Å². The first kappa shape index (κ1) is 9.96. The minimum absolute atomic E-state index is 0.368. The molecule has 12 heavy (non-hydrogen) atoms. The lowest BCUT2D eigenvalue weighted by Gasteiger charge is -2.14. The molecule has 1 saturated carbocycles. The molecule has 1 fully saturated rings. The molecule has 0 radical (unpaired) electrons. The Morgan fingerprint density at radius 1 is 1.33 bits per heavy atom. The van der Waals surface area contributed by atoms with Gasteiger partial charge in [0.05, 0.1) is 19.3 Å². The van der Waals surface area contributed by atoms with E-state index in [0.29, 0.717) is 19.3 Å². The van der Waals surface area contributed by atoms with Crippen molar-refractivity contribution >= 4 is 0 Å². The molecule has 72 valence electrons. The third kappa shape index (κ3) is 3.52. The second kappa shape index (κ2) is 5.51. The van der Waals surface area contributed by atoms with Crippen LogP contribution in [0.3, 0.4) is 0 Å². The minimum Gasteiger partial charge on any atom is -0.388 e. The van der Waals surface area contributed by atoms with Crippen molar-refractivity contribution in [2.24, 2.45) is 0 Å². The second-order valence-electron chi connectivity index (χ2n) is 3.35. The van der Waals surface area contributed by atoms with E-state index in [-0.39, 0.29) is 0 Å². The Labute approximate surface area is 73.7 Å². The smallest absolute Gasteiger partial charge is 0.101 e. The van der Waals surface area contributed by atoms with Crippen molar-refractivity contribution in [2.45, 2.75) is 37.9 Å². The maximum atomic E-state index is 9.26. The minimum atomic E-state index is -0.462. The number of rotatable bonds is 5. The number of methoxy groups -OCH3 is 1. The lowest BCUT2D eigenvalue weighted by atomic mass is 10.3. The molecule has 0 aromatic carbocycles. The molecular weight excluding hydrogens is 156 g/mol. The van der Waals surface area contributed by atoms with E-state index in [9.17, 15) is 5.11 Å². The standard InChI is InChI=1S/C9H18O3/c1-11-6-8(10)7-12-9-4-2-3-5-9/h8-10H,2-7H2,1H3. The van der Waals surface area contributed by atoms with Crippen LogP contribution in [-0.4, -0.2) is 37.6 Å². The van der Waals surface area contributed by atoms with E-state index >= 15 is 0 Å². The van der Waals surface area contributed by atoms with Crippen LogP contribution in [-0.2, 0) is 9.47 Å². The van der Waals surface area contributed by atoms with Gasteiger partial charge in [-0.1, -0.05) is 12.8 Å². The summed E-state index contributed by atoms with van der Waals surface area (Å²) in [5, 5.41) is 9.26. The van der Waals surface area contributed by atoms with Crippen LogP contribution in [0.4, 0.5) is 0 Å². The van der Waals surface area contributed by atoms with Gasteiger partial charge in [0.1, 0.15) is 6.10 Å². The molecular formula is C9H18O3. The molecule has 1 aliphatic rings. The molecule has 1 N–H and O–H groups in total. The highest BCUT2D eigenvalue weighted by atomic mass is 16.5. The van der Waals surface area contributed by atoms with Gasteiger partial charge >= 0.3 is 0 Å². The normalized spacial score (nSPS) is 21.5. The first-order valence-electron chi connectivity index (χ1n) is 4.61. The first-order valence-corrected chi connectivity index (χ1v) is 4.61. The fraction of sp³-hybridized carbons (Fsp3) is 1.00. The zero-order valence-corrected chi connectivity index (χ0v) is 7.66. The van der Waals surface area contributed by atoms with Crippen LogP contribution in [0.1, 0.15) is 25.7 Å². The van der Waals surface area contributed by atoms with Gasteiger partial charge in [-0.25, -0.2) is 0 Å². The van der Waals surface area contributed by atoms with Gasteiger partial charge in [-0.3, -0.25) is 0 Å². The first-order chi connectivity index (χ1) is 5.83. The fourth-order valence-corrected chi connectivity index (χ4v) is 1.54. The number of hydrogen-bond acceptors (Lipinski definition) is 3. The van der Waals surface area contributed by atoms with E-state index in [2.05, 4.69) is 0 Å². The highest BCUT2D eigenvalue weighted by molar-refractivity contribution is 4.67. The van der Waals surface area contributed by atoms with Crippen molar-refractivity contribution in [2.75, 3.05) is 20.3 Å². The van der Waals surface area contributed by atoms with E-state index < -0.39 is 6.10 Å². The average Bonchev–Trinajstić information content (AvgIpc) is 2.53. The van der Waals surface area contributed by atoms with Gasteiger partial charge in [-0.2, -0.15) is 0 Å². The summed E-state index contributed by atoms with van der Waals surface area (Å²) < 4.78 is 10.3. The molecule has 3 nitrogen and oxygen atoms in total. The molecule has 0 spiro atoms. The highest BCUT2D eigenvalue weighted by Gasteiger charge is 2.16. The Morgan fingerprint density at radius 3 is 2.58 bits per heavy atom. The Morgan fingerprint density at radius 2 is 2.00 bits per heavy atom. The molecule has 1 unspecified atom stereocenters. The van der Waals surface area contributed by atoms with E-state index in [1.165, 1.54) is 12.8 Å². The molecule has 1 rings (SSSR count). The molecule has 0 aromatic heterocycles. The SMILES string of the molecule is COCC(O)COC1CCCC1. The molecule has 3 heteroatoms. The number of hydrogen-bond donors (Lipinski definition) is 1. The summed E-state index contributed by atoms with van der Waals surface area (Å²) >= 11 is 0. The maximum Gasteiger partial charge on any atom is 0.101 e. The summed E-state index contributed by atoms with van der Waals surface area (Å²) in [6, 6.07) is 0. The maximum absolute atomic E-state index is 9.26. The number of aliphatic hydroxyl groups is 1. The van der Waals surface area contributed by atoms with Crippen LogP contribution in [0.15, 0.2) is 0 Å². The molecule has 1 aliphatic carbocycles. The molecule has 0 heterocycles. The summed E-state index contributed by atoms with van der Waals surface area (Å²) in [7, 11) is 1.58. The molecule has 0 saturated heterocycles. The quantitative estimate of drug-likeness (QED) is 0.674. The highest BCUT2D eigenvalue weighted by Crippen LogP contribution is 2.20. The lowest BCUT2D eigenvalue weighted by Crippen LogP contribution is -2.23. The van der Waals surface area contributed by atoms with Gasteiger partial charge in [0.25, 0.3) is 0 Å². The van der Waals surface area contributed by atoms with Crippen LogP contribution in [0.25, 0.3) is 0 Å². The van der Waals surface area contributed by atoms with Gasteiger partial charge in [0.15, 0.2) is 0 Å². The molecule has 1 atom stereocenters. The van der Waals surface area contributed by atoms with Crippen molar-refractivity contribution in [1.82, 2.24) is 0 Å². The molecule has 0 bridgehead atoms. The Kier molecular flexibility index (Phi) is 4.58.